The fourth-order valence-corrected chi connectivity index (χ4v) is 4.86. The van der Waals surface area contributed by atoms with Gasteiger partial charge in [0, 0.05) is 23.2 Å². The van der Waals surface area contributed by atoms with Crippen LogP contribution in [0.15, 0.2) is 12.1 Å². The summed E-state index contributed by atoms with van der Waals surface area (Å²) in [6.07, 6.45) is 2.25. The maximum absolute atomic E-state index is 12.6. The van der Waals surface area contributed by atoms with Gasteiger partial charge < -0.3 is 10.1 Å². The number of benzene rings is 1. The predicted octanol–water partition coefficient (Wildman–Crippen LogP) is 4.44. The van der Waals surface area contributed by atoms with E-state index in [0.29, 0.717) is 11.5 Å². The molecule has 1 aromatic carbocycles. The van der Waals surface area contributed by atoms with Crippen LogP contribution in [-0.4, -0.2) is 24.7 Å². The smallest absolute Gasteiger partial charge is 0.340 e. The molecule has 0 amide bonds. The first-order valence-corrected chi connectivity index (χ1v) is 10.1. The summed E-state index contributed by atoms with van der Waals surface area (Å²) >= 11 is 6.68. The maximum Gasteiger partial charge on any atom is 0.340 e. The van der Waals surface area contributed by atoms with Crippen molar-refractivity contribution >= 4 is 73.7 Å². The lowest BCUT2D eigenvalue weighted by molar-refractivity contribution is -0.0352. The Balaban J connectivity index is 2.19. The van der Waals surface area contributed by atoms with Crippen molar-refractivity contribution in [3.05, 3.63) is 28.4 Å². The van der Waals surface area contributed by atoms with Gasteiger partial charge in [0.05, 0.1) is 5.56 Å². The minimum Gasteiger partial charge on any atom is -0.456 e. The minimum atomic E-state index is -0.446. The Morgan fingerprint density at radius 2 is 1.95 bits per heavy atom. The molecule has 0 saturated carbocycles. The molecule has 1 aliphatic rings. The highest BCUT2D eigenvalue weighted by Crippen LogP contribution is 2.31. The van der Waals surface area contributed by atoms with E-state index >= 15 is 0 Å². The van der Waals surface area contributed by atoms with Gasteiger partial charge in [-0.25, -0.2) is 4.79 Å². The lowest BCUT2D eigenvalue weighted by Gasteiger charge is -2.36. The van der Waals surface area contributed by atoms with E-state index in [-0.39, 0.29) is 5.97 Å². The van der Waals surface area contributed by atoms with E-state index in [2.05, 4.69) is 73.1 Å². The average molecular weight is 625 g/mol. The topological polar surface area (TPSA) is 38.3 Å². The standard InChI is InChI=1S/C15H18I3NO2/c1-15(2,9-4-3-7-19-8-9)21-14(20)12-10(16)5-6-11(17)13(12)18/h5-6,9,19H,3-4,7-8H2,1-2H3. The highest BCUT2D eigenvalue weighted by Gasteiger charge is 2.35. The van der Waals surface area contributed by atoms with Crippen molar-refractivity contribution in [2.75, 3.05) is 13.1 Å². The first kappa shape index (κ1) is 18.2. The molecule has 1 fully saturated rings. The van der Waals surface area contributed by atoms with Gasteiger partial charge in [0.2, 0.25) is 0 Å². The van der Waals surface area contributed by atoms with Crippen LogP contribution in [0.2, 0.25) is 0 Å². The van der Waals surface area contributed by atoms with Gasteiger partial charge in [-0.2, -0.15) is 0 Å². The molecule has 2 rings (SSSR count). The second-order valence-electron chi connectivity index (χ2n) is 5.75. The van der Waals surface area contributed by atoms with Gasteiger partial charge in [-0.1, -0.05) is 0 Å². The van der Waals surface area contributed by atoms with Crippen LogP contribution in [-0.2, 0) is 4.74 Å². The third kappa shape index (κ3) is 4.43. The molecule has 1 aliphatic heterocycles. The molecule has 0 spiro atoms. The zero-order valence-electron chi connectivity index (χ0n) is 12.0. The lowest BCUT2D eigenvalue weighted by atomic mass is 9.84. The molecule has 1 N–H and O–H groups in total. The SMILES string of the molecule is CC(C)(OC(=O)c1c(I)ccc(I)c1I)C1CCCNC1. The number of carbonyl (C=O) groups excluding carboxylic acids is 1. The van der Waals surface area contributed by atoms with Crippen LogP contribution < -0.4 is 5.32 Å². The number of hydrogen-bond acceptors (Lipinski definition) is 3. The predicted molar refractivity (Wildman–Crippen MR) is 110 cm³/mol. The third-order valence-corrected chi connectivity index (χ3v) is 7.83. The normalized spacial score (nSPS) is 19.4. The second kappa shape index (κ2) is 7.61. The molecule has 116 valence electrons. The highest BCUT2D eigenvalue weighted by molar-refractivity contribution is 14.1. The quantitative estimate of drug-likeness (QED) is 0.307. The minimum absolute atomic E-state index is 0.210. The molecule has 1 unspecified atom stereocenters. The fraction of sp³-hybridized carbons (Fsp3) is 0.533. The molecule has 1 aromatic rings. The summed E-state index contributed by atoms with van der Waals surface area (Å²) in [6.45, 7) is 6.03. The first-order chi connectivity index (χ1) is 9.83. The molecule has 0 aromatic heterocycles. The van der Waals surface area contributed by atoms with E-state index in [9.17, 15) is 4.79 Å². The summed E-state index contributed by atoms with van der Waals surface area (Å²) in [6, 6.07) is 3.99. The molecular weight excluding hydrogens is 607 g/mol. The molecule has 0 radical (unpaired) electrons. The zero-order valence-corrected chi connectivity index (χ0v) is 18.5. The number of esters is 1. The van der Waals surface area contributed by atoms with Gasteiger partial charge in [-0.05, 0) is 113 Å². The molecule has 0 aliphatic carbocycles. The first-order valence-electron chi connectivity index (χ1n) is 6.90. The molecular formula is C15H18I3NO2. The highest BCUT2D eigenvalue weighted by atomic mass is 127. The molecule has 21 heavy (non-hydrogen) atoms. The van der Waals surface area contributed by atoms with Crippen molar-refractivity contribution in [2.45, 2.75) is 32.3 Å². The van der Waals surface area contributed by atoms with Gasteiger partial charge in [0.25, 0.3) is 0 Å². The summed E-state index contributed by atoms with van der Waals surface area (Å²) in [4.78, 5) is 12.6. The molecule has 0 bridgehead atoms. The summed E-state index contributed by atoms with van der Waals surface area (Å²) in [5.41, 5.74) is 0.248. The number of carbonyl (C=O) groups is 1. The van der Waals surface area contributed by atoms with Gasteiger partial charge in [0.15, 0.2) is 0 Å². The van der Waals surface area contributed by atoms with Gasteiger partial charge in [0.1, 0.15) is 5.60 Å². The number of piperidine rings is 1. The Kier molecular flexibility index (Phi) is 6.59. The van der Waals surface area contributed by atoms with Crippen molar-refractivity contribution in [2.24, 2.45) is 5.92 Å². The number of hydrogen-bond donors (Lipinski definition) is 1. The lowest BCUT2D eigenvalue weighted by Crippen LogP contribution is -2.45. The molecule has 1 heterocycles. The van der Waals surface area contributed by atoms with Crippen molar-refractivity contribution in [3.8, 4) is 0 Å². The summed E-state index contributed by atoms with van der Waals surface area (Å²) in [5, 5.41) is 3.39. The summed E-state index contributed by atoms with van der Waals surface area (Å²) in [7, 11) is 0. The Bertz CT molecular complexity index is 540. The van der Waals surface area contributed by atoms with E-state index in [1.807, 2.05) is 26.0 Å². The van der Waals surface area contributed by atoms with E-state index in [0.717, 1.165) is 36.6 Å². The van der Waals surface area contributed by atoms with E-state index in [1.54, 1.807) is 0 Å². The average Bonchev–Trinajstić information content (AvgIpc) is 2.44. The van der Waals surface area contributed by atoms with E-state index < -0.39 is 5.60 Å². The van der Waals surface area contributed by atoms with Crippen LogP contribution in [0.3, 0.4) is 0 Å². The van der Waals surface area contributed by atoms with Gasteiger partial charge in [-0.15, -0.1) is 0 Å². The van der Waals surface area contributed by atoms with Crippen LogP contribution >= 0.6 is 67.8 Å². The number of halogens is 3. The largest absolute Gasteiger partial charge is 0.456 e. The molecule has 6 heteroatoms. The van der Waals surface area contributed by atoms with Crippen LogP contribution in [0.5, 0.6) is 0 Å². The monoisotopic (exact) mass is 625 g/mol. The number of nitrogens with one attached hydrogen (secondary N) is 1. The Labute approximate surface area is 166 Å². The van der Waals surface area contributed by atoms with E-state index in [1.165, 1.54) is 0 Å². The second-order valence-corrected chi connectivity index (χ2v) is 9.16. The Morgan fingerprint density at radius 3 is 2.57 bits per heavy atom. The van der Waals surface area contributed by atoms with Crippen molar-refractivity contribution < 1.29 is 9.53 Å². The Hall–Kier alpha value is 0.840. The number of rotatable bonds is 3. The van der Waals surface area contributed by atoms with Crippen LogP contribution in [0.1, 0.15) is 37.0 Å². The summed E-state index contributed by atoms with van der Waals surface area (Å²) in [5.74, 6) is 0.159. The number of ether oxygens (including phenoxy) is 1. The van der Waals surface area contributed by atoms with Crippen LogP contribution in [0.4, 0.5) is 0 Å². The van der Waals surface area contributed by atoms with Gasteiger partial charge >= 0.3 is 5.97 Å². The van der Waals surface area contributed by atoms with Crippen LogP contribution in [0, 0.1) is 16.6 Å². The van der Waals surface area contributed by atoms with Crippen molar-refractivity contribution in [1.29, 1.82) is 0 Å². The van der Waals surface area contributed by atoms with E-state index in [4.69, 9.17) is 4.74 Å². The molecule has 3 nitrogen and oxygen atoms in total. The van der Waals surface area contributed by atoms with Crippen molar-refractivity contribution in [1.82, 2.24) is 5.32 Å². The molecule has 1 atom stereocenters. The van der Waals surface area contributed by atoms with Gasteiger partial charge in [-0.3, -0.25) is 0 Å². The zero-order chi connectivity index (χ0) is 15.6. The Morgan fingerprint density at radius 1 is 1.29 bits per heavy atom. The third-order valence-electron chi connectivity index (χ3n) is 3.88. The molecule has 1 saturated heterocycles. The van der Waals surface area contributed by atoms with Crippen LogP contribution in [0.25, 0.3) is 0 Å². The summed E-state index contributed by atoms with van der Waals surface area (Å²) < 4.78 is 8.89. The van der Waals surface area contributed by atoms with Crippen molar-refractivity contribution in [3.63, 3.8) is 0 Å². The maximum atomic E-state index is 12.6. The fourth-order valence-electron chi connectivity index (χ4n) is 2.53.